The molecule has 0 aromatic heterocycles. The average Bonchev–Trinajstić information content (AvgIpc) is 3.38. The number of hydrogen-bond acceptors (Lipinski definition) is 4. The van der Waals surface area contributed by atoms with Gasteiger partial charge in [-0.2, -0.15) is 5.26 Å². The van der Waals surface area contributed by atoms with Crippen molar-refractivity contribution < 1.29 is 13.2 Å². The molecule has 1 aromatic carbocycles. The van der Waals surface area contributed by atoms with E-state index in [0.29, 0.717) is 11.5 Å². The highest BCUT2D eigenvalue weighted by atomic mass is 32.2. The molecule has 124 valence electrons. The second-order valence-electron chi connectivity index (χ2n) is 5.82. The molecule has 0 heterocycles. The number of carbonyl (C=O) groups excluding carboxylic acids is 1. The Morgan fingerprint density at radius 1 is 1.39 bits per heavy atom. The third-order valence-electron chi connectivity index (χ3n) is 4.18. The Kier molecular flexibility index (Phi) is 5.39. The summed E-state index contributed by atoms with van der Waals surface area (Å²) in [4.78, 5) is 14.2. The first kappa shape index (κ1) is 17.4. The topological polar surface area (TPSA) is 90.3 Å². The lowest BCUT2D eigenvalue weighted by Gasteiger charge is -2.25. The Morgan fingerprint density at radius 2 is 2.00 bits per heavy atom. The maximum absolute atomic E-state index is 12.4. The number of hydrogen-bond donors (Lipinski definition) is 1. The van der Waals surface area contributed by atoms with E-state index in [4.69, 9.17) is 5.26 Å². The first-order chi connectivity index (χ1) is 10.9. The Morgan fingerprint density at radius 3 is 2.52 bits per heavy atom. The molecule has 1 aliphatic rings. The van der Waals surface area contributed by atoms with E-state index in [1.807, 2.05) is 13.0 Å². The van der Waals surface area contributed by atoms with Crippen molar-refractivity contribution in [2.75, 3.05) is 13.6 Å². The fraction of sp³-hybridized carbons (Fsp3) is 0.500. The summed E-state index contributed by atoms with van der Waals surface area (Å²) in [6.07, 6.45) is 2.42. The van der Waals surface area contributed by atoms with Crippen LogP contribution in [0.1, 0.15) is 36.5 Å². The smallest absolute Gasteiger partial charge is 0.253 e. The van der Waals surface area contributed by atoms with E-state index in [-0.39, 0.29) is 29.8 Å². The molecule has 1 unspecified atom stereocenters. The molecule has 7 heteroatoms. The van der Waals surface area contributed by atoms with E-state index in [2.05, 4.69) is 4.72 Å². The van der Waals surface area contributed by atoms with Crippen molar-refractivity contribution in [2.24, 2.45) is 5.92 Å². The number of benzene rings is 1. The molecule has 6 nitrogen and oxygen atoms in total. The molecule has 0 bridgehead atoms. The van der Waals surface area contributed by atoms with Crippen LogP contribution in [0.4, 0.5) is 0 Å². The largest absolute Gasteiger partial charge is 0.339 e. The van der Waals surface area contributed by atoms with Crippen LogP contribution in [-0.4, -0.2) is 38.9 Å². The van der Waals surface area contributed by atoms with Gasteiger partial charge in [-0.15, -0.1) is 0 Å². The number of rotatable bonds is 7. The van der Waals surface area contributed by atoms with Crippen LogP contribution in [-0.2, 0) is 10.0 Å². The van der Waals surface area contributed by atoms with Crippen molar-refractivity contribution in [1.82, 2.24) is 9.62 Å². The molecule has 1 amide bonds. The molecule has 1 N–H and O–H groups in total. The van der Waals surface area contributed by atoms with E-state index in [0.717, 1.165) is 12.8 Å². The molecular weight excluding hydrogens is 314 g/mol. The van der Waals surface area contributed by atoms with Crippen LogP contribution in [0.15, 0.2) is 29.2 Å². The van der Waals surface area contributed by atoms with Crippen LogP contribution in [0, 0.1) is 17.2 Å². The van der Waals surface area contributed by atoms with Crippen molar-refractivity contribution in [3.8, 4) is 6.07 Å². The van der Waals surface area contributed by atoms with E-state index in [1.165, 1.54) is 24.3 Å². The number of sulfonamides is 1. The minimum atomic E-state index is -3.64. The maximum atomic E-state index is 12.4. The predicted molar refractivity (Wildman–Crippen MR) is 86.1 cm³/mol. The predicted octanol–water partition coefficient (Wildman–Crippen LogP) is 1.75. The molecule has 1 aliphatic carbocycles. The van der Waals surface area contributed by atoms with E-state index in [1.54, 1.807) is 11.9 Å². The van der Waals surface area contributed by atoms with E-state index < -0.39 is 10.0 Å². The summed E-state index contributed by atoms with van der Waals surface area (Å²) in [5.74, 6) is 0.471. The van der Waals surface area contributed by atoms with Gasteiger partial charge in [-0.1, -0.05) is 0 Å². The third-order valence-corrected chi connectivity index (χ3v) is 5.65. The summed E-state index contributed by atoms with van der Waals surface area (Å²) >= 11 is 0. The number of nitrogens with one attached hydrogen (secondary N) is 1. The lowest BCUT2D eigenvalue weighted by Crippen LogP contribution is -2.36. The third kappa shape index (κ3) is 4.30. The summed E-state index contributed by atoms with van der Waals surface area (Å²) in [6.45, 7) is 2.11. The van der Waals surface area contributed by atoms with Crippen LogP contribution in [0.3, 0.4) is 0 Å². The van der Waals surface area contributed by atoms with Crippen molar-refractivity contribution >= 4 is 15.9 Å². The highest BCUT2D eigenvalue weighted by Gasteiger charge is 2.32. The van der Waals surface area contributed by atoms with Gasteiger partial charge in [0.1, 0.15) is 0 Å². The monoisotopic (exact) mass is 335 g/mol. The minimum absolute atomic E-state index is 0.0706. The molecule has 1 fully saturated rings. The average molecular weight is 335 g/mol. The molecule has 0 aliphatic heterocycles. The summed E-state index contributed by atoms with van der Waals surface area (Å²) in [5.41, 5.74) is 0.468. The number of carbonyl (C=O) groups is 1. The van der Waals surface area contributed by atoms with Gasteiger partial charge in [0.05, 0.1) is 11.0 Å². The van der Waals surface area contributed by atoms with Gasteiger partial charge in [0.15, 0.2) is 0 Å². The summed E-state index contributed by atoms with van der Waals surface area (Å²) in [7, 11) is -1.86. The molecule has 0 radical (unpaired) electrons. The molecule has 0 spiro atoms. The highest BCUT2D eigenvalue weighted by Crippen LogP contribution is 2.35. The van der Waals surface area contributed by atoms with E-state index in [9.17, 15) is 13.2 Å². The molecule has 23 heavy (non-hydrogen) atoms. The normalized spacial score (nSPS) is 15.7. The van der Waals surface area contributed by atoms with Gasteiger partial charge in [0, 0.05) is 31.6 Å². The Bertz CT molecular complexity index is 703. The number of nitrogens with zero attached hydrogens (tertiary/aromatic N) is 2. The van der Waals surface area contributed by atoms with Crippen LogP contribution >= 0.6 is 0 Å². The summed E-state index contributed by atoms with van der Waals surface area (Å²) in [6, 6.07) is 7.95. The quantitative estimate of drug-likeness (QED) is 0.769. The second kappa shape index (κ2) is 7.11. The van der Waals surface area contributed by atoms with E-state index >= 15 is 0 Å². The zero-order valence-corrected chi connectivity index (χ0v) is 14.1. The van der Waals surface area contributed by atoms with Gasteiger partial charge >= 0.3 is 0 Å². The van der Waals surface area contributed by atoms with Crippen molar-refractivity contribution in [2.45, 2.75) is 37.1 Å². The fourth-order valence-corrected chi connectivity index (χ4v) is 3.42. The SMILES string of the molecule is CC(C1CC1)N(C)C(=O)c1ccc(S(=O)(=O)NCCC#N)cc1. The maximum Gasteiger partial charge on any atom is 0.253 e. The number of amides is 1. The summed E-state index contributed by atoms with van der Waals surface area (Å²) < 4.78 is 26.4. The zero-order chi connectivity index (χ0) is 17.0. The summed E-state index contributed by atoms with van der Waals surface area (Å²) in [5, 5.41) is 8.44. The Hall–Kier alpha value is -1.91. The van der Waals surface area contributed by atoms with Gasteiger partial charge < -0.3 is 4.90 Å². The number of nitriles is 1. The lowest BCUT2D eigenvalue weighted by atomic mass is 10.1. The van der Waals surface area contributed by atoms with Crippen LogP contribution < -0.4 is 4.72 Å². The van der Waals surface area contributed by atoms with Crippen molar-refractivity contribution in [1.29, 1.82) is 5.26 Å². The van der Waals surface area contributed by atoms with Crippen LogP contribution in [0.2, 0.25) is 0 Å². The van der Waals surface area contributed by atoms with Gasteiger partial charge in [-0.3, -0.25) is 4.79 Å². The van der Waals surface area contributed by atoms with Crippen molar-refractivity contribution in [3.05, 3.63) is 29.8 Å². The van der Waals surface area contributed by atoms with Gasteiger partial charge in [0.2, 0.25) is 10.0 Å². The first-order valence-electron chi connectivity index (χ1n) is 7.60. The van der Waals surface area contributed by atoms with Gasteiger partial charge in [0.25, 0.3) is 5.91 Å². The minimum Gasteiger partial charge on any atom is -0.339 e. The Balaban J connectivity index is 2.06. The van der Waals surface area contributed by atoms with Crippen LogP contribution in [0.25, 0.3) is 0 Å². The molecule has 0 saturated heterocycles. The molecule has 1 saturated carbocycles. The molecule has 1 aromatic rings. The van der Waals surface area contributed by atoms with Crippen LogP contribution in [0.5, 0.6) is 0 Å². The fourth-order valence-electron chi connectivity index (χ4n) is 2.38. The lowest BCUT2D eigenvalue weighted by molar-refractivity contribution is 0.0727. The molecule has 1 atom stereocenters. The first-order valence-corrected chi connectivity index (χ1v) is 9.09. The Labute approximate surface area is 137 Å². The molecule has 2 rings (SSSR count). The van der Waals surface area contributed by atoms with Crippen molar-refractivity contribution in [3.63, 3.8) is 0 Å². The second-order valence-corrected chi connectivity index (χ2v) is 7.59. The molecular formula is C16H21N3O3S. The van der Waals surface area contributed by atoms with Gasteiger partial charge in [-0.05, 0) is 49.9 Å². The zero-order valence-electron chi connectivity index (χ0n) is 13.3. The van der Waals surface area contributed by atoms with Gasteiger partial charge in [-0.25, -0.2) is 13.1 Å². The standard InChI is InChI=1S/C16H21N3O3S/c1-12(13-4-5-13)19(2)16(20)14-6-8-15(9-7-14)23(21,22)18-11-3-10-17/h6-9,12-13,18H,3-5,11H2,1-2H3. The highest BCUT2D eigenvalue weighted by molar-refractivity contribution is 7.89.